The molecule has 0 saturated heterocycles. The van der Waals surface area contributed by atoms with E-state index in [1.807, 2.05) is 21.1 Å². The molecule has 0 aliphatic heterocycles. The van der Waals surface area contributed by atoms with Gasteiger partial charge in [-0.2, -0.15) is 0 Å². The van der Waals surface area contributed by atoms with Crippen molar-refractivity contribution in [2.45, 2.75) is 341 Å². The van der Waals surface area contributed by atoms with E-state index in [4.69, 9.17) is 9.05 Å². The van der Waals surface area contributed by atoms with Crippen molar-refractivity contribution in [2.75, 3.05) is 40.9 Å². The van der Waals surface area contributed by atoms with Crippen LogP contribution in [0.3, 0.4) is 0 Å². The maximum atomic E-state index is 13.0. The van der Waals surface area contributed by atoms with E-state index in [-0.39, 0.29) is 19.1 Å². The largest absolute Gasteiger partial charge is 0.756 e. The standard InChI is InChI=1S/C70H133N2O6P/c1-6-8-10-12-14-16-18-20-22-24-26-28-30-32-33-34-35-36-37-38-40-41-43-45-47-49-51-53-55-57-59-61-63-69(73)68(67-78-79(75,76)77-66-65-72(3,4)5)71-70(74)64-62-60-58-56-54-52-50-48-46-44-42-39-31-29-27-25-23-21-19-17-15-13-11-9-7-2/h9,11,15,17,21,23,27,29,39,42,68-69,73H,6-8,10,12-14,16,18-20,22,24-26,28,30-38,40-41,43-67H2,1-5H3,(H-,71,74,75,76)/b11-9-,17-15-,23-21-,29-27-,42-39-. The summed E-state index contributed by atoms with van der Waals surface area (Å²) >= 11 is 0. The van der Waals surface area contributed by atoms with Crippen LogP contribution in [0.4, 0.5) is 0 Å². The third-order valence-electron chi connectivity index (χ3n) is 15.5. The first-order chi connectivity index (χ1) is 38.5. The fourth-order valence-electron chi connectivity index (χ4n) is 10.2. The number of nitrogens with one attached hydrogen (secondary N) is 1. The number of rotatable bonds is 63. The number of phosphoric acid groups is 1. The zero-order chi connectivity index (χ0) is 57.7. The molecule has 0 bridgehead atoms. The number of aliphatic hydroxyl groups excluding tert-OH is 1. The van der Waals surface area contributed by atoms with E-state index in [0.717, 1.165) is 77.0 Å². The summed E-state index contributed by atoms with van der Waals surface area (Å²) in [5, 5.41) is 14.1. The smallest absolute Gasteiger partial charge is 0.268 e. The molecular formula is C70H133N2O6P. The summed E-state index contributed by atoms with van der Waals surface area (Å²) in [6, 6.07) is -0.809. The molecule has 2 N–H and O–H groups in total. The monoisotopic (exact) mass is 1130 g/mol. The van der Waals surface area contributed by atoms with Gasteiger partial charge in [0.05, 0.1) is 39.9 Å². The van der Waals surface area contributed by atoms with Crippen molar-refractivity contribution < 1.29 is 32.9 Å². The van der Waals surface area contributed by atoms with Gasteiger partial charge in [0.15, 0.2) is 0 Å². The Bertz CT molecular complexity index is 1470. The molecule has 0 heterocycles. The number of quaternary nitrogens is 1. The van der Waals surface area contributed by atoms with Crippen LogP contribution in [0.1, 0.15) is 328 Å². The fraction of sp³-hybridized carbons (Fsp3) is 0.843. The minimum Gasteiger partial charge on any atom is -0.756 e. The second kappa shape index (κ2) is 60.8. The van der Waals surface area contributed by atoms with Gasteiger partial charge in [0, 0.05) is 6.42 Å². The number of hydrogen-bond acceptors (Lipinski definition) is 6. The number of phosphoric ester groups is 1. The van der Waals surface area contributed by atoms with E-state index in [1.54, 1.807) is 0 Å². The number of carbonyl (C=O) groups is 1. The minimum atomic E-state index is -4.58. The van der Waals surface area contributed by atoms with Crippen LogP contribution < -0.4 is 10.2 Å². The molecule has 0 aromatic rings. The van der Waals surface area contributed by atoms with Gasteiger partial charge in [0.2, 0.25) is 5.91 Å². The summed E-state index contributed by atoms with van der Waals surface area (Å²) in [6.07, 6.45) is 82.9. The molecule has 0 saturated carbocycles. The van der Waals surface area contributed by atoms with Gasteiger partial charge in [-0.25, -0.2) is 0 Å². The van der Waals surface area contributed by atoms with Crippen LogP contribution in [0.2, 0.25) is 0 Å². The van der Waals surface area contributed by atoms with Gasteiger partial charge in [-0.1, -0.05) is 325 Å². The lowest BCUT2D eigenvalue weighted by Gasteiger charge is -2.30. The molecule has 1 amide bonds. The van der Waals surface area contributed by atoms with Gasteiger partial charge in [-0.15, -0.1) is 0 Å². The summed E-state index contributed by atoms with van der Waals surface area (Å²) in [5.41, 5.74) is 0. The molecule has 0 aliphatic rings. The molecular weight excluding hydrogens is 996 g/mol. The Balaban J connectivity index is 4.05. The van der Waals surface area contributed by atoms with Crippen molar-refractivity contribution in [3.63, 3.8) is 0 Å². The Morgan fingerprint density at radius 3 is 1.13 bits per heavy atom. The zero-order valence-electron chi connectivity index (χ0n) is 53.1. The van der Waals surface area contributed by atoms with Crippen molar-refractivity contribution in [1.82, 2.24) is 5.32 Å². The molecule has 464 valence electrons. The second-order valence-electron chi connectivity index (χ2n) is 24.5. The Kier molecular flexibility index (Phi) is 59.4. The first kappa shape index (κ1) is 77.2. The molecule has 3 atom stereocenters. The summed E-state index contributed by atoms with van der Waals surface area (Å²) in [6.45, 7) is 4.64. The van der Waals surface area contributed by atoms with Crippen molar-refractivity contribution in [3.05, 3.63) is 60.8 Å². The van der Waals surface area contributed by atoms with Gasteiger partial charge in [0.25, 0.3) is 7.82 Å². The molecule has 3 unspecified atom stereocenters. The Labute approximate surface area is 492 Å². The zero-order valence-corrected chi connectivity index (χ0v) is 54.0. The van der Waals surface area contributed by atoms with Crippen LogP contribution in [-0.4, -0.2) is 68.5 Å². The van der Waals surface area contributed by atoms with Gasteiger partial charge < -0.3 is 28.8 Å². The summed E-state index contributed by atoms with van der Waals surface area (Å²) in [4.78, 5) is 25.6. The van der Waals surface area contributed by atoms with Crippen LogP contribution in [0.25, 0.3) is 0 Å². The Morgan fingerprint density at radius 1 is 0.456 bits per heavy atom. The van der Waals surface area contributed by atoms with Gasteiger partial charge >= 0.3 is 0 Å². The highest BCUT2D eigenvalue weighted by atomic mass is 31.2. The van der Waals surface area contributed by atoms with Gasteiger partial charge in [-0.3, -0.25) is 9.36 Å². The number of hydrogen-bond donors (Lipinski definition) is 2. The van der Waals surface area contributed by atoms with E-state index in [2.05, 4.69) is 79.9 Å². The number of likely N-dealkylation sites (N-methyl/N-ethyl adjacent to an activating group) is 1. The minimum absolute atomic E-state index is 0.00929. The summed E-state index contributed by atoms with van der Waals surface area (Å²) < 4.78 is 23.5. The van der Waals surface area contributed by atoms with Crippen LogP contribution >= 0.6 is 7.82 Å². The van der Waals surface area contributed by atoms with E-state index in [0.29, 0.717) is 23.9 Å². The molecule has 0 spiro atoms. The predicted molar refractivity (Wildman–Crippen MR) is 344 cm³/mol. The van der Waals surface area contributed by atoms with Gasteiger partial charge in [0.1, 0.15) is 13.2 Å². The van der Waals surface area contributed by atoms with E-state index < -0.39 is 20.0 Å². The summed E-state index contributed by atoms with van der Waals surface area (Å²) in [5.74, 6) is -0.169. The van der Waals surface area contributed by atoms with Crippen molar-refractivity contribution >= 4 is 13.7 Å². The van der Waals surface area contributed by atoms with Crippen molar-refractivity contribution in [2.24, 2.45) is 0 Å². The molecule has 79 heavy (non-hydrogen) atoms. The first-order valence-electron chi connectivity index (χ1n) is 34.1. The number of carbonyl (C=O) groups excluding carboxylic acids is 1. The van der Waals surface area contributed by atoms with E-state index >= 15 is 0 Å². The number of amides is 1. The highest BCUT2D eigenvalue weighted by Gasteiger charge is 2.24. The van der Waals surface area contributed by atoms with E-state index in [1.165, 1.54) is 225 Å². The molecule has 0 aromatic carbocycles. The molecule has 0 rings (SSSR count). The SMILES string of the molecule is CC/C=C\C/C=C\C/C=C\C/C=C\C/C=C\CCCCCCCCCCCC(=O)NC(COP(=O)([O-])OCC[N+](C)(C)C)C(O)CCCCCCCCCCCCCCCCCCCCCCCCCCCCCCCCCC. The molecule has 9 heteroatoms. The molecule has 0 fully saturated rings. The second-order valence-corrected chi connectivity index (χ2v) is 25.9. The lowest BCUT2D eigenvalue weighted by Crippen LogP contribution is -2.46. The van der Waals surface area contributed by atoms with Gasteiger partial charge in [-0.05, 0) is 57.8 Å². The predicted octanol–water partition coefficient (Wildman–Crippen LogP) is 21.0. The first-order valence-corrected chi connectivity index (χ1v) is 35.6. The highest BCUT2D eigenvalue weighted by Crippen LogP contribution is 2.38. The Hall–Kier alpha value is -1.80. The third kappa shape index (κ3) is 63.6. The van der Waals surface area contributed by atoms with Crippen LogP contribution in [0.15, 0.2) is 60.8 Å². The molecule has 8 nitrogen and oxygen atoms in total. The number of unbranched alkanes of at least 4 members (excludes halogenated alkanes) is 40. The molecule has 0 radical (unpaired) electrons. The number of aliphatic hydroxyl groups is 1. The maximum Gasteiger partial charge on any atom is 0.268 e. The fourth-order valence-corrected chi connectivity index (χ4v) is 11.0. The lowest BCUT2D eigenvalue weighted by atomic mass is 10.0. The average Bonchev–Trinajstić information content (AvgIpc) is 3.42. The Morgan fingerprint density at radius 2 is 0.772 bits per heavy atom. The average molecular weight is 1130 g/mol. The van der Waals surface area contributed by atoms with E-state index in [9.17, 15) is 19.4 Å². The van der Waals surface area contributed by atoms with Crippen LogP contribution in [0.5, 0.6) is 0 Å². The lowest BCUT2D eigenvalue weighted by molar-refractivity contribution is -0.870. The van der Waals surface area contributed by atoms with Crippen LogP contribution in [-0.2, 0) is 18.4 Å². The van der Waals surface area contributed by atoms with Crippen molar-refractivity contribution in [1.29, 1.82) is 0 Å². The molecule has 0 aromatic heterocycles. The number of nitrogens with zero attached hydrogens (tertiary/aromatic N) is 1. The normalized spacial score (nSPS) is 14.1. The highest BCUT2D eigenvalue weighted by molar-refractivity contribution is 7.45. The topological polar surface area (TPSA) is 108 Å². The molecule has 0 aliphatic carbocycles. The quantitative estimate of drug-likeness (QED) is 0.0272. The third-order valence-corrected chi connectivity index (χ3v) is 16.5. The van der Waals surface area contributed by atoms with Crippen molar-refractivity contribution in [3.8, 4) is 0 Å². The number of allylic oxidation sites excluding steroid dienone is 10. The summed E-state index contributed by atoms with van der Waals surface area (Å²) in [7, 11) is 1.30. The maximum absolute atomic E-state index is 13.0. The van der Waals surface area contributed by atoms with Crippen LogP contribution in [0, 0.1) is 0 Å².